The molecule has 0 unspecified atom stereocenters. The number of hydrogen-bond donors (Lipinski definition) is 1. The number of amides is 1. The third-order valence-corrected chi connectivity index (χ3v) is 5.42. The molecule has 0 bridgehead atoms. The van der Waals surface area contributed by atoms with Crippen LogP contribution in [0.15, 0.2) is 33.9 Å². The fraction of sp³-hybridized carbons (Fsp3) is 0.474. The molecule has 1 atom stereocenters. The van der Waals surface area contributed by atoms with E-state index >= 15 is 0 Å². The van der Waals surface area contributed by atoms with Gasteiger partial charge in [-0.15, -0.1) is 0 Å². The number of aromatic nitrogens is 2. The predicted octanol–water partition coefficient (Wildman–Crippen LogP) is 3.27. The molecule has 0 radical (unpaired) electrons. The number of esters is 1. The van der Waals surface area contributed by atoms with Crippen LogP contribution in [0.3, 0.4) is 0 Å². The van der Waals surface area contributed by atoms with Crippen LogP contribution in [0.2, 0.25) is 0 Å². The molecule has 7 nitrogen and oxygen atoms in total. The lowest BCUT2D eigenvalue weighted by Gasteiger charge is -2.17. The molecular weight excluding hydrogens is 366 g/mol. The molecule has 0 spiro atoms. The van der Waals surface area contributed by atoms with Crippen LogP contribution in [0, 0.1) is 6.92 Å². The molecule has 0 saturated heterocycles. The van der Waals surface area contributed by atoms with E-state index in [2.05, 4.69) is 15.5 Å². The minimum absolute atomic E-state index is 0.189. The Morgan fingerprint density at radius 3 is 2.89 bits per heavy atom. The van der Waals surface area contributed by atoms with Crippen molar-refractivity contribution in [1.29, 1.82) is 0 Å². The maximum Gasteiger partial charge on any atom is 0.341 e. The number of carbonyl (C=O) groups is 2. The van der Waals surface area contributed by atoms with Crippen LogP contribution in [-0.2, 0) is 15.3 Å². The van der Waals surface area contributed by atoms with Crippen molar-refractivity contribution in [3.05, 3.63) is 41.4 Å². The van der Waals surface area contributed by atoms with Crippen molar-refractivity contribution in [2.45, 2.75) is 62.5 Å². The fourth-order valence-corrected chi connectivity index (χ4v) is 3.82. The molecular formula is C19H23N3O4S. The average molecular weight is 389 g/mol. The van der Waals surface area contributed by atoms with Crippen molar-refractivity contribution in [2.75, 3.05) is 0 Å². The smallest absolute Gasteiger partial charge is 0.341 e. The van der Waals surface area contributed by atoms with E-state index in [1.807, 2.05) is 13.0 Å². The van der Waals surface area contributed by atoms with Crippen molar-refractivity contribution in [2.24, 2.45) is 0 Å². The maximum absolute atomic E-state index is 12.5. The van der Waals surface area contributed by atoms with Crippen molar-refractivity contribution in [3.8, 4) is 0 Å². The monoisotopic (exact) mass is 389 g/mol. The van der Waals surface area contributed by atoms with Crippen LogP contribution in [-0.4, -0.2) is 34.2 Å². The van der Waals surface area contributed by atoms with E-state index in [0.29, 0.717) is 16.3 Å². The molecule has 8 heteroatoms. The van der Waals surface area contributed by atoms with Gasteiger partial charge in [0.25, 0.3) is 5.91 Å². The summed E-state index contributed by atoms with van der Waals surface area (Å²) in [5, 5.41) is 7.41. The summed E-state index contributed by atoms with van der Waals surface area (Å²) in [5.74, 6) is 0.433. The minimum atomic E-state index is -0.852. The van der Waals surface area contributed by atoms with E-state index in [1.165, 1.54) is 11.8 Å². The number of hydrogen-bond acceptors (Lipinski definition) is 7. The highest BCUT2D eigenvalue weighted by molar-refractivity contribution is 7.98. The lowest BCUT2D eigenvalue weighted by atomic mass is 10.2. The molecule has 0 aromatic carbocycles. The summed E-state index contributed by atoms with van der Waals surface area (Å²) < 4.78 is 10.4. The summed E-state index contributed by atoms with van der Waals surface area (Å²) in [4.78, 5) is 29.0. The van der Waals surface area contributed by atoms with Gasteiger partial charge in [-0.3, -0.25) is 4.79 Å². The Morgan fingerprint density at radius 1 is 1.41 bits per heavy atom. The van der Waals surface area contributed by atoms with E-state index in [1.54, 1.807) is 25.3 Å². The molecule has 2 aromatic heterocycles. The number of nitrogens with one attached hydrogen (secondary N) is 1. The first-order chi connectivity index (χ1) is 13.0. The molecule has 2 aromatic rings. The zero-order chi connectivity index (χ0) is 19.2. The Bertz CT molecular complexity index is 802. The summed E-state index contributed by atoms with van der Waals surface area (Å²) in [7, 11) is 0. The van der Waals surface area contributed by atoms with Gasteiger partial charge in [0.05, 0.1) is 11.3 Å². The molecule has 27 heavy (non-hydrogen) atoms. The Balaban J connectivity index is 1.59. The number of ether oxygens (including phenoxy) is 1. The average Bonchev–Trinajstić information content (AvgIpc) is 3.31. The van der Waals surface area contributed by atoms with E-state index < -0.39 is 12.1 Å². The van der Waals surface area contributed by atoms with Gasteiger partial charge in [0.1, 0.15) is 10.8 Å². The SMILES string of the molecule is Cc1cc(CSc2ncccc2C(=O)O[C@@H](C)C(=O)NC2CCCC2)no1. The Labute approximate surface area is 162 Å². The van der Waals surface area contributed by atoms with Crippen LogP contribution in [0.4, 0.5) is 0 Å². The predicted molar refractivity (Wildman–Crippen MR) is 100 cm³/mol. The van der Waals surface area contributed by atoms with Gasteiger partial charge in [-0.25, -0.2) is 9.78 Å². The fourth-order valence-electron chi connectivity index (χ4n) is 2.96. The number of nitrogens with zero attached hydrogens (tertiary/aromatic N) is 2. The van der Waals surface area contributed by atoms with Gasteiger partial charge in [-0.1, -0.05) is 29.8 Å². The van der Waals surface area contributed by atoms with Gasteiger partial charge < -0.3 is 14.6 Å². The van der Waals surface area contributed by atoms with Crippen molar-refractivity contribution >= 4 is 23.6 Å². The van der Waals surface area contributed by atoms with Crippen molar-refractivity contribution in [1.82, 2.24) is 15.5 Å². The molecule has 1 N–H and O–H groups in total. The van der Waals surface area contributed by atoms with Crippen LogP contribution in [0.5, 0.6) is 0 Å². The quantitative estimate of drug-likeness (QED) is 0.573. The highest BCUT2D eigenvalue weighted by Crippen LogP contribution is 2.25. The molecule has 144 valence electrons. The highest BCUT2D eigenvalue weighted by Gasteiger charge is 2.24. The number of thioether (sulfide) groups is 1. The zero-order valence-electron chi connectivity index (χ0n) is 15.4. The standard InChI is InChI=1S/C19H23N3O4S/c1-12-10-15(22-26-12)11-27-18-16(8-5-9-20-18)19(24)25-13(2)17(23)21-14-6-3-4-7-14/h5,8-10,13-14H,3-4,6-7,11H2,1-2H3,(H,21,23)/t13-/m0/s1. The third kappa shape index (κ3) is 5.32. The van der Waals surface area contributed by atoms with Gasteiger partial charge in [-0.05, 0) is 38.8 Å². The summed E-state index contributed by atoms with van der Waals surface area (Å²) in [6, 6.07) is 5.34. The van der Waals surface area contributed by atoms with Crippen molar-refractivity contribution in [3.63, 3.8) is 0 Å². The lowest BCUT2D eigenvalue weighted by Crippen LogP contribution is -2.40. The Hall–Kier alpha value is -2.35. The van der Waals surface area contributed by atoms with Crippen LogP contribution in [0.1, 0.15) is 54.4 Å². The highest BCUT2D eigenvalue weighted by atomic mass is 32.2. The maximum atomic E-state index is 12.5. The molecule has 1 aliphatic rings. The molecule has 0 aliphatic heterocycles. The van der Waals surface area contributed by atoms with E-state index in [9.17, 15) is 9.59 Å². The van der Waals surface area contributed by atoms with E-state index in [0.717, 1.165) is 37.1 Å². The first-order valence-corrected chi connectivity index (χ1v) is 10.0. The van der Waals surface area contributed by atoms with Crippen molar-refractivity contribution < 1.29 is 18.8 Å². The van der Waals surface area contributed by atoms with Crippen LogP contribution < -0.4 is 5.32 Å². The summed E-state index contributed by atoms with van der Waals surface area (Å²) >= 11 is 1.37. The van der Waals surface area contributed by atoms with Gasteiger partial charge >= 0.3 is 5.97 Å². The third-order valence-electron chi connectivity index (χ3n) is 4.38. The normalized spacial score (nSPS) is 15.5. The molecule has 1 amide bonds. The molecule has 1 saturated carbocycles. The summed E-state index contributed by atoms with van der Waals surface area (Å²) in [5.41, 5.74) is 1.11. The second-order valence-corrected chi connectivity index (χ2v) is 7.58. The Morgan fingerprint density at radius 2 is 2.19 bits per heavy atom. The number of aryl methyl sites for hydroxylation is 1. The van der Waals surface area contributed by atoms with Gasteiger partial charge in [0.15, 0.2) is 6.10 Å². The Kier molecular flexibility index (Phi) is 6.49. The molecule has 2 heterocycles. The summed E-state index contributed by atoms with van der Waals surface area (Å²) in [6.45, 7) is 3.41. The zero-order valence-corrected chi connectivity index (χ0v) is 16.3. The second kappa shape index (κ2) is 9.03. The first kappa shape index (κ1) is 19.4. The van der Waals surface area contributed by atoms with Crippen LogP contribution in [0.25, 0.3) is 0 Å². The summed E-state index contributed by atoms with van der Waals surface area (Å²) in [6.07, 6.45) is 4.98. The van der Waals surface area contributed by atoms with Crippen LogP contribution >= 0.6 is 11.8 Å². The second-order valence-electron chi connectivity index (χ2n) is 6.61. The lowest BCUT2D eigenvalue weighted by molar-refractivity contribution is -0.129. The molecule has 3 rings (SSSR count). The largest absolute Gasteiger partial charge is 0.449 e. The number of carbonyl (C=O) groups excluding carboxylic acids is 2. The molecule has 1 fully saturated rings. The molecule has 1 aliphatic carbocycles. The van der Waals surface area contributed by atoms with Gasteiger partial charge in [0.2, 0.25) is 0 Å². The minimum Gasteiger partial charge on any atom is -0.449 e. The van der Waals surface area contributed by atoms with Gasteiger partial charge in [0, 0.05) is 24.1 Å². The first-order valence-electron chi connectivity index (χ1n) is 9.04. The topological polar surface area (TPSA) is 94.3 Å². The van der Waals surface area contributed by atoms with E-state index in [4.69, 9.17) is 9.26 Å². The number of rotatable bonds is 7. The van der Waals surface area contributed by atoms with Gasteiger partial charge in [-0.2, -0.15) is 0 Å². The van der Waals surface area contributed by atoms with E-state index in [-0.39, 0.29) is 11.9 Å². The number of pyridine rings is 1.